The van der Waals surface area contributed by atoms with Gasteiger partial charge in [-0.1, -0.05) is 13.0 Å². The number of hydrogen-bond acceptors (Lipinski definition) is 5. The average molecular weight is 277 g/mol. The van der Waals surface area contributed by atoms with E-state index in [0.717, 1.165) is 23.5 Å². The van der Waals surface area contributed by atoms with E-state index in [-0.39, 0.29) is 6.04 Å². The molecule has 20 heavy (non-hydrogen) atoms. The number of aliphatic imine (C=N–C) groups is 1. The Kier molecular flexibility index (Phi) is 4.37. The number of nitrogens with two attached hydrogens (primary N) is 1. The fourth-order valence-corrected chi connectivity index (χ4v) is 2.57. The van der Waals surface area contributed by atoms with Gasteiger partial charge in [0.25, 0.3) is 0 Å². The van der Waals surface area contributed by atoms with Gasteiger partial charge in [-0.2, -0.15) is 0 Å². The summed E-state index contributed by atoms with van der Waals surface area (Å²) in [4.78, 5) is 6.57. The van der Waals surface area contributed by atoms with Crippen molar-refractivity contribution in [3.05, 3.63) is 23.8 Å². The summed E-state index contributed by atoms with van der Waals surface area (Å²) < 4.78 is 10.7. The first-order valence-electron chi connectivity index (χ1n) is 6.92. The van der Waals surface area contributed by atoms with Gasteiger partial charge in [-0.05, 0) is 31.0 Å². The van der Waals surface area contributed by atoms with Crippen molar-refractivity contribution in [1.82, 2.24) is 4.90 Å². The standard InChI is InChI=1S/C15H23N3O2/c1-5-10(2)18-12(9-17-15(18)16)11-6-7-13(19-3)14(8-11)20-4/h6-8,10,12H,5,9H2,1-4H3,(H2,16,17). The van der Waals surface area contributed by atoms with Crippen LogP contribution in [0, 0.1) is 0 Å². The second-order valence-electron chi connectivity index (χ2n) is 4.99. The van der Waals surface area contributed by atoms with Gasteiger partial charge in [-0.25, -0.2) is 0 Å². The quantitative estimate of drug-likeness (QED) is 0.896. The van der Waals surface area contributed by atoms with Gasteiger partial charge in [0.15, 0.2) is 17.5 Å². The lowest BCUT2D eigenvalue weighted by molar-refractivity contribution is 0.267. The van der Waals surface area contributed by atoms with E-state index in [4.69, 9.17) is 15.2 Å². The van der Waals surface area contributed by atoms with Gasteiger partial charge in [0.1, 0.15) is 0 Å². The van der Waals surface area contributed by atoms with Crippen LogP contribution in [0.15, 0.2) is 23.2 Å². The average Bonchev–Trinajstić information content (AvgIpc) is 2.87. The van der Waals surface area contributed by atoms with E-state index in [1.165, 1.54) is 0 Å². The Labute approximate surface area is 120 Å². The molecule has 0 bridgehead atoms. The Balaban J connectivity index is 2.31. The molecule has 1 aromatic carbocycles. The molecular formula is C15H23N3O2. The maximum absolute atomic E-state index is 6.03. The predicted molar refractivity (Wildman–Crippen MR) is 80.4 cm³/mol. The molecule has 5 heteroatoms. The molecule has 0 fully saturated rings. The van der Waals surface area contributed by atoms with Crippen molar-refractivity contribution >= 4 is 5.96 Å². The number of ether oxygens (including phenoxy) is 2. The van der Waals surface area contributed by atoms with Gasteiger partial charge in [-0.15, -0.1) is 0 Å². The molecule has 0 amide bonds. The topological polar surface area (TPSA) is 60.1 Å². The largest absolute Gasteiger partial charge is 0.493 e. The van der Waals surface area contributed by atoms with Crippen LogP contribution in [-0.4, -0.2) is 37.7 Å². The van der Waals surface area contributed by atoms with E-state index in [2.05, 4.69) is 29.8 Å². The molecule has 1 aliphatic heterocycles. The van der Waals surface area contributed by atoms with E-state index in [0.29, 0.717) is 18.5 Å². The van der Waals surface area contributed by atoms with Crippen molar-refractivity contribution < 1.29 is 9.47 Å². The zero-order chi connectivity index (χ0) is 14.7. The summed E-state index contributed by atoms with van der Waals surface area (Å²) in [5.74, 6) is 2.09. The summed E-state index contributed by atoms with van der Waals surface area (Å²) in [6, 6.07) is 6.52. The minimum atomic E-state index is 0.171. The molecule has 0 radical (unpaired) electrons. The number of methoxy groups -OCH3 is 2. The SMILES string of the molecule is CCC(C)N1C(N)=NCC1c1ccc(OC)c(OC)c1. The van der Waals surface area contributed by atoms with Crippen LogP contribution in [0.3, 0.4) is 0 Å². The Hall–Kier alpha value is -1.91. The molecular weight excluding hydrogens is 254 g/mol. The second kappa shape index (κ2) is 6.03. The van der Waals surface area contributed by atoms with E-state index in [9.17, 15) is 0 Å². The Morgan fingerprint density at radius 2 is 2.05 bits per heavy atom. The smallest absolute Gasteiger partial charge is 0.192 e. The number of guanidine groups is 1. The Bertz CT molecular complexity index is 502. The third kappa shape index (κ3) is 2.53. The molecule has 2 atom stereocenters. The molecule has 2 rings (SSSR count). The van der Waals surface area contributed by atoms with Gasteiger partial charge >= 0.3 is 0 Å². The van der Waals surface area contributed by atoms with Crippen molar-refractivity contribution in [1.29, 1.82) is 0 Å². The molecule has 0 aliphatic carbocycles. The van der Waals surface area contributed by atoms with Gasteiger partial charge in [0.2, 0.25) is 0 Å². The molecule has 1 aromatic rings. The molecule has 1 heterocycles. The predicted octanol–water partition coefficient (Wildman–Crippen LogP) is 2.17. The number of rotatable bonds is 5. The fraction of sp³-hybridized carbons (Fsp3) is 0.533. The molecule has 5 nitrogen and oxygen atoms in total. The lowest BCUT2D eigenvalue weighted by Crippen LogP contribution is -2.42. The molecule has 0 aromatic heterocycles. The van der Waals surface area contributed by atoms with Crippen LogP contribution in [0.25, 0.3) is 0 Å². The second-order valence-corrected chi connectivity index (χ2v) is 4.99. The highest BCUT2D eigenvalue weighted by atomic mass is 16.5. The van der Waals surface area contributed by atoms with Crippen molar-refractivity contribution in [2.45, 2.75) is 32.4 Å². The van der Waals surface area contributed by atoms with E-state index < -0.39 is 0 Å². The van der Waals surface area contributed by atoms with E-state index in [1.807, 2.05) is 12.1 Å². The van der Waals surface area contributed by atoms with Crippen LogP contribution in [0.1, 0.15) is 31.9 Å². The number of hydrogen-bond donors (Lipinski definition) is 1. The van der Waals surface area contributed by atoms with Gasteiger partial charge in [0.05, 0.1) is 26.8 Å². The van der Waals surface area contributed by atoms with Gasteiger partial charge in [0, 0.05) is 6.04 Å². The van der Waals surface area contributed by atoms with E-state index >= 15 is 0 Å². The first kappa shape index (κ1) is 14.5. The first-order chi connectivity index (χ1) is 9.62. The lowest BCUT2D eigenvalue weighted by Gasteiger charge is -2.32. The lowest BCUT2D eigenvalue weighted by atomic mass is 10.0. The summed E-state index contributed by atoms with van der Waals surface area (Å²) in [6.07, 6.45) is 1.03. The highest BCUT2D eigenvalue weighted by molar-refractivity contribution is 5.80. The van der Waals surface area contributed by atoms with Gasteiger partial charge in [-0.3, -0.25) is 4.99 Å². The van der Waals surface area contributed by atoms with Gasteiger partial charge < -0.3 is 20.1 Å². The van der Waals surface area contributed by atoms with Crippen molar-refractivity contribution in [3.8, 4) is 11.5 Å². The molecule has 1 aliphatic rings. The Morgan fingerprint density at radius 3 is 2.65 bits per heavy atom. The summed E-state index contributed by atoms with van der Waals surface area (Å²) in [6.45, 7) is 5.01. The minimum absolute atomic E-state index is 0.171. The van der Waals surface area contributed by atoms with E-state index in [1.54, 1.807) is 14.2 Å². The summed E-state index contributed by atoms with van der Waals surface area (Å²) in [5, 5.41) is 0. The molecule has 2 unspecified atom stereocenters. The third-order valence-electron chi connectivity index (χ3n) is 3.88. The summed E-state index contributed by atoms with van der Waals surface area (Å²) in [7, 11) is 3.28. The monoisotopic (exact) mass is 277 g/mol. The molecule has 0 saturated carbocycles. The molecule has 110 valence electrons. The fourth-order valence-electron chi connectivity index (χ4n) is 2.57. The van der Waals surface area contributed by atoms with Crippen LogP contribution in [0.5, 0.6) is 11.5 Å². The van der Waals surface area contributed by atoms with Crippen LogP contribution >= 0.6 is 0 Å². The maximum atomic E-state index is 6.03. The molecule has 0 saturated heterocycles. The van der Waals surface area contributed by atoms with Crippen LogP contribution in [0.4, 0.5) is 0 Å². The highest BCUT2D eigenvalue weighted by Crippen LogP contribution is 2.34. The molecule has 0 spiro atoms. The number of nitrogens with zero attached hydrogens (tertiary/aromatic N) is 2. The van der Waals surface area contributed by atoms with Crippen LogP contribution in [0.2, 0.25) is 0 Å². The van der Waals surface area contributed by atoms with Crippen molar-refractivity contribution in [3.63, 3.8) is 0 Å². The zero-order valence-electron chi connectivity index (χ0n) is 12.6. The third-order valence-corrected chi connectivity index (χ3v) is 3.88. The van der Waals surface area contributed by atoms with Crippen LogP contribution in [-0.2, 0) is 0 Å². The first-order valence-corrected chi connectivity index (χ1v) is 6.92. The molecule has 2 N–H and O–H groups in total. The van der Waals surface area contributed by atoms with Crippen LogP contribution < -0.4 is 15.2 Å². The highest BCUT2D eigenvalue weighted by Gasteiger charge is 2.31. The maximum Gasteiger partial charge on any atom is 0.192 e. The summed E-state index contributed by atoms with van der Waals surface area (Å²) >= 11 is 0. The zero-order valence-corrected chi connectivity index (χ0v) is 12.6. The Morgan fingerprint density at radius 1 is 1.35 bits per heavy atom. The number of benzene rings is 1. The normalized spacial score (nSPS) is 19.7. The summed E-state index contributed by atoms with van der Waals surface area (Å²) in [5.41, 5.74) is 7.18. The van der Waals surface area contributed by atoms with Crippen molar-refractivity contribution in [2.75, 3.05) is 20.8 Å². The van der Waals surface area contributed by atoms with Crippen molar-refractivity contribution in [2.24, 2.45) is 10.7 Å². The minimum Gasteiger partial charge on any atom is -0.493 e.